The fourth-order valence-electron chi connectivity index (χ4n) is 7.77. The Morgan fingerprint density at radius 1 is 1.13 bits per heavy atom. The fourth-order valence-corrected chi connectivity index (χ4v) is 7.77. The second-order valence-corrected chi connectivity index (χ2v) is 12.3. The maximum Gasteiger partial charge on any atom is 0.335 e. The molecule has 3 aliphatic heterocycles. The van der Waals surface area contributed by atoms with Gasteiger partial charge in [0.1, 0.15) is 18.0 Å². The Bertz CT molecular complexity index is 1310. The van der Waals surface area contributed by atoms with Crippen molar-refractivity contribution in [2.24, 2.45) is 5.92 Å². The van der Waals surface area contributed by atoms with E-state index >= 15 is 0 Å². The minimum absolute atomic E-state index is 0.348. The number of aromatic carboxylic acids is 1. The molecule has 0 radical (unpaired) electrons. The topological polar surface area (TPSA) is 73.2 Å². The van der Waals surface area contributed by atoms with Crippen LogP contribution in [0.25, 0.3) is 16.5 Å². The molecule has 7 heteroatoms. The summed E-state index contributed by atoms with van der Waals surface area (Å²) in [6.45, 7) is 6.54. The van der Waals surface area contributed by atoms with Crippen molar-refractivity contribution >= 4 is 22.4 Å². The summed E-state index contributed by atoms with van der Waals surface area (Å²) in [5.74, 6) is 1.03. The van der Waals surface area contributed by atoms with Crippen LogP contribution in [0.2, 0.25) is 0 Å². The number of ether oxygens (including phenoxy) is 3. The van der Waals surface area contributed by atoms with Gasteiger partial charge in [-0.2, -0.15) is 0 Å². The first kappa shape index (κ1) is 25.4. The molecule has 4 heterocycles. The van der Waals surface area contributed by atoms with Crippen LogP contribution in [0.15, 0.2) is 36.1 Å². The van der Waals surface area contributed by atoms with Crippen molar-refractivity contribution < 1.29 is 24.1 Å². The van der Waals surface area contributed by atoms with Crippen molar-refractivity contribution in [2.75, 3.05) is 46.1 Å². The van der Waals surface area contributed by atoms with Gasteiger partial charge in [-0.1, -0.05) is 31.4 Å². The van der Waals surface area contributed by atoms with Gasteiger partial charge in [-0.05, 0) is 67.7 Å². The maximum atomic E-state index is 12.1. The number of carbonyl (C=O) groups is 1. The van der Waals surface area contributed by atoms with Crippen LogP contribution >= 0.6 is 0 Å². The SMILES string of the molecule is O=C(O)c1ccc2c(C3CCCCC3)c3n(c2c1)CC1(COC2=C3CCC=C2)CC(CN2CCOCC2)CO1. The lowest BCUT2D eigenvalue weighted by atomic mass is 9.80. The Kier molecular flexibility index (Phi) is 6.77. The van der Waals surface area contributed by atoms with Crippen LogP contribution in [0.1, 0.15) is 78.9 Å². The number of carboxylic acid groups (broad SMARTS) is 1. The largest absolute Gasteiger partial charge is 0.490 e. The van der Waals surface area contributed by atoms with E-state index in [-0.39, 0.29) is 0 Å². The highest BCUT2D eigenvalue weighted by atomic mass is 16.5. The van der Waals surface area contributed by atoms with Crippen LogP contribution in [0.4, 0.5) is 0 Å². The van der Waals surface area contributed by atoms with Gasteiger partial charge >= 0.3 is 5.97 Å². The molecule has 2 unspecified atom stereocenters. The third kappa shape index (κ3) is 4.72. The maximum absolute atomic E-state index is 12.1. The molecular weight excluding hydrogens is 492 g/mol. The molecule has 2 atom stereocenters. The van der Waals surface area contributed by atoms with Gasteiger partial charge in [0.25, 0.3) is 0 Å². The zero-order valence-electron chi connectivity index (χ0n) is 22.8. The highest BCUT2D eigenvalue weighted by Gasteiger charge is 2.45. The molecule has 2 aromatic rings. The summed E-state index contributed by atoms with van der Waals surface area (Å²) in [7, 11) is 0. The number of hydrogen-bond donors (Lipinski definition) is 1. The smallest absolute Gasteiger partial charge is 0.335 e. The molecule has 0 bridgehead atoms. The van der Waals surface area contributed by atoms with Gasteiger partial charge in [-0.15, -0.1) is 0 Å². The molecular formula is C32H40N2O5. The lowest BCUT2D eigenvalue weighted by Crippen LogP contribution is -2.42. The minimum Gasteiger partial charge on any atom is -0.490 e. The molecule has 1 N–H and O–H groups in total. The third-order valence-electron chi connectivity index (χ3n) is 9.62. The van der Waals surface area contributed by atoms with Crippen molar-refractivity contribution in [3.8, 4) is 0 Å². The highest BCUT2D eigenvalue weighted by Crippen LogP contribution is 2.47. The van der Waals surface area contributed by atoms with Crippen LogP contribution in [-0.2, 0) is 20.8 Å². The van der Waals surface area contributed by atoms with Crippen molar-refractivity contribution in [3.63, 3.8) is 0 Å². The van der Waals surface area contributed by atoms with E-state index in [0.717, 1.165) is 70.0 Å². The molecule has 2 saturated heterocycles. The molecule has 39 heavy (non-hydrogen) atoms. The highest BCUT2D eigenvalue weighted by molar-refractivity contribution is 5.97. The van der Waals surface area contributed by atoms with E-state index in [9.17, 15) is 9.90 Å². The quantitative estimate of drug-likeness (QED) is 0.554. The van der Waals surface area contributed by atoms with Gasteiger partial charge in [0.2, 0.25) is 0 Å². The van der Waals surface area contributed by atoms with Crippen LogP contribution in [0, 0.1) is 5.92 Å². The van der Waals surface area contributed by atoms with E-state index in [1.54, 1.807) is 6.07 Å². The minimum atomic E-state index is -0.876. The number of fused-ring (bicyclic) bond motifs is 4. The van der Waals surface area contributed by atoms with Gasteiger partial charge < -0.3 is 23.9 Å². The first-order chi connectivity index (χ1) is 19.1. The first-order valence-corrected chi connectivity index (χ1v) is 15.0. The second kappa shape index (κ2) is 10.4. The summed E-state index contributed by atoms with van der Waals surface area (Å²) in [6.07, 6.45) is 13.4. The molecule has 208 valence electrons. The van der Waals surface area contributed by atoms with E-state index in [2.05, 4.69) is 27.7 Å². The molecule has 1 saturated carbocycles. The average molecular weight is 533 g/mol. The van der Waals surface area contributed by atoms with Crippen molar-refractivity contribution in [1.82, 2.24) is 9.47 Å². The first-order valence-electron chi connectivity index (χ1n) is 15.0. The molecule has 2 aliphatic carbocycles. The zero-order valence-corrected chi connectivity index (χ0v) is 22.8. The number of carboxylic acids is 1. The summed E-state index contributed by atoms with van der Waals surface area (Å²) in [5, 5.41) is 11.1. The zero-order chi connectivity index (χ0) is 26.4. The van der Waals surface area contributed by atoms with E-state index in [4.69, 9.17) is 14.2 Å². The fraction of sp³-hybridized carbons (Fsp3) is 0.594. The van der Waals surface area contributed by atoms with E-state index in [1.807, 2.05) is 6.07 Å². The molecule has 1 aromatic carbocycles. The molecule has 7 nitrogen and oxygen atoms in total. The molecule has 1 spiro atoms. The van der Waals surface area contributed by atoms with Gasteiger partial charge in [0.15, 0.2) is 0 Å². The monoisotopic (exact) mass is 532 g/mol. The Hall–Kier alpha value is -2.61. The second-order valence-electron chi connectivity index (χ2n) is 12.3. The van der Waals surface area contributed by atoms with Crippen molar-refractivity contribution in [3.05, 3.63) is 52.9 Å². The van der Waals surface area contributed by atoms with E-state index < -0.39 is 11.6 Å². The van der Waals surface area contributed by atoms with Crippen molar-refractivity contribution in [2.45, 2.75) is 69.4 Å². The van der Waals surface area contributed by atoms with Crippen LogP contribution in [-0.4, -0.2) is 72.2 Å². The number of morpholine rings is 1. The van der Waals surface area contributed by atoms with Gasteiger partial charge in [-0.25, -0.2) is 4.79 Å². The Balaban J connectivity index is 1.35. The lowest BCUT2D eigenvalue weighted by molar-refractivity contribution is -0.0580. The summed E-state index contributed by atoms with van der Waals surface area (Å²) >= 11 is 0. The lowest BCUT2D eigenvalue weighted by Gasteiger charge is -2.35. The number of allylic oxidation sites excluding steroid dienone is 3. The predicted octanol–water partition coefficient (Wildman–Crippen LogP) is 5.59. The predicted molar refractivity (Wildman–Crippen MR) is 150 cm³/mol. The summed E-state index contributed by atoms with van der Waals surface area (Å²) in [4.78, 5) is 14.6. The number of aromatic nitrogens is 1. The molecule has 7 rings (SSSR count). The Morgan fingerprint density at radius 2 is 1.97 bits per heavy atom. The summed E-state index contributed by atoms with van der Waals surface area (Å²) in [6, 6.07) is 5.77. The third-order valence-corrected chi connectivity index (χ3v) is 9.62. The Morgan fingerprint density at radius 3 is 2.79 bits per heavy atom. The van der Waals surface area contributed by atoms with Crippen LogP contribution in [0.3, 0.4) is 0 Å². The van der Waals surface area contributed by atoms with E-state index in [1.165, 1.54) is 54.3 Å². The molecule has 5 aliphatic rings. The molecule has 3 fully saturated rings. The molecule has 0 amide bonds. The normalized spacial score (nSPS) is 28.3. The van der Waals surface area contributed by atoms with E-state index in [0.29, 0.717) is 30.6 Å². The number of nitrogens with zero attached hydrogens (tertiary/aromatic N) is 2. The van der Waals surface area contributed by atoms with Crippen molar-refractivity contribution in [1.29, 1.82) is 0 Å². The van der Waals surface area contributed by atoms with Gasteiger partial charge in [0.05, 0.1) is 37.6 Å². The molecule has 1 aromatic heterocycles. The standard InChI is InChI=1S/C32H40N2O5/c35-31(36)24-10-11-25-27(16-24)34-20-32(17-22(19-39-32)18-33-12-14-37-15-13-33)21-38-28-9-5-4-8-26(28)30(34)29(25)23-6-2-1-3-7-23/h5,9-11,16,22-23H,1-4,6-8,12-15,17-21H2,(H,35,36). The number of benzene rings is 1. The van der Waals surface area contributed by atoms with Gasteiger partial charge in [0, 0.05) is 36.1 Å². The number of hydrogen-bond acceptors (Lipinski definition) is 5. The van der Waals surface area contributed by atoms with Crippen LogP contribution in [0.5, 0.6) is 0 Å². The summed E-state index contributed by atoms with van der Waals surface area (Å²) in [5.41, 5.74) is 4.91. The Labute approximate surface area is 230 Å². The van der Waals surface area contributed by atoms with Crippen LogP contribution < -0.4 is 0 Å². The van der Waals surface area contributed by atoms with Gasteiger partial charge in [-0.3, -0.25) is 4.90 Å². The summed E-state index contributed by atoms with van der Waals surface area (Å²) < 4.78 is 21.4. The number of rotatable bonds is 4. The average Bonchev–Trinajstić information content (AvgIpc) is 3.50.